The number of carbonyl (C=O) groups is 1. The second-order valence-corrected chi connectivity index (χ2v) is 5.94. The number of anilines is 1. The van der Waals surface area contributed by atoms with Gasteiger partial charge in [0.15, 0.2) is 0 Å². The van der Waals surface area contributed by atoms with E-state index in [1.807, 2.05) is 19.9 Å². The van der Waals surface area contributed by atoms with Crippen LogP contribution in [-0.2, 0) is 4.74 Å². The van der Waals surface area contributed by atoms with Gasteiger partial charge in [-0.25, -0.2) is 4.79 Å². The minimum atomic E-state index is -0.102. The number of urea groups is 1. The number of benzene rings is 1. The number of hydrogen-bond donors (Lipinski definition) is 2. The number of carbonyl (C=O) groups excluding carboxylic acids is 1. The molecule has 0 spiro atoms. The summed E-state index contributed by atoms with van der Waals surface area (Å²) in [7, 11) is 1.65. The highest BCUT2D eigenvalue weighted by Gasteiger charge is 2.22. The van der Waals surface area contributed by atoms with Gasteiger partial charge in [0.25, 0.3) is 0 Å². The molecule has 0 aromatic heterocycles. The minimum absolute atomic E-state index is 0.00518. The fourth-order valence-corrected chi connectivity index (χ4v) is 2.68. The van der Waals surface area contributed by atoms with Gasteiger partial charge < -0.3 is 20.3 Å². The van der Waals surface area contributed by atoms with Crippen molar-refractivity contribution < 1.29 is 9.53 Å². The Kier molecular flexibility index (Phi) is 6.07. The molecule has 5 nitrogen and oxygen atoms in total. The summed E-state index contributed by atoms with van der Waals surface area (Å²) in [6.45, 7) is 5.84. The molecule has 0 unspecified atom stereocenters. The van der Waals surface area contributed by atoms with Crippen LogP contribution in [-0.4, -0.2) is 44.4 Å². The summed E-state index contributed by atoms with van der Waals surface area (Å²) in [5.74, 6) is 0. The first-order valence-corrected chi connectivity index (χ1v) is 8.00. The van der Waals surface area contributed by atoms with Crippen LogP contribution in [0.3, 0.4) is 0 Å². The lowest BCUT2D eigenvalue weighted by Crippen LogP contribution is -2.51. The van der Waals surface area contributed by atoms with Gasteiger partial charge in [-0.3, -0.25) is 0 Å². The molecular formula is C17H27N3O2. The molecule has 0 radical (unpaired) electrons. The molecular weight excluding hydrogens is 278 g/mol. The second kappa shape index (κ2) is 8.03. The van der Waals surface area contributed by atoms with Gasteiger partial charge in [-0.2, -0.15) is 0 Å². The van der Waals surface area contributed by atoms with Gasteiger partial charge in [-0.1, -0.05) is 18.2 Å². The van der Waals surface area contributed by atoms with Crippen molar-refractivity contribution >= 4 is 11.7 Å². The summed E-state index contributed by atoms with van der Waals surface area (Å²) in [5, 5.41) is 6.00. The van der Waals surface area contributed by atoms with E-state index in [1.54, 1.807) is 7.11 Å². The Hall–Kier alpha value is -1.75. The van der Waals surface area contributed by atoms with Crippen molar-refractivity contribution in [1.29, 1.82) is 0 Å². The zero-order chi connectivity index (χ0) is 15.9. The van der Waals surface area contributed by atoms with Gasteiger partial charge in [0, 0.05) is 31.9 Å². The van der Waals surface area contributed by atoms with E-state index in [1.165, 1.54) is 5.69 Å². The average molecular weight is 305 g/mol. The van der Waals surface area contributed by atoms with Crippen LogP contribution < -0.4 is 15.5 Å². The number of methoxy groups -OCH3 is 1. The van der Waals surface area contributed by atoms with Crippen molar-refractivity contribution in [2.75, 3.05) is 25.1 Å². The smallest absolute Gasteiger partial charge is 0.315 e. The summed E-state index contributed by atoms with van der Waals surface area (Å²) in [6.07, 6.45) is 1.94. The number of hydrogen-bond acceptors (Lipinski definition) is 3. The number of nitrogens with one attached hydrogen (secondary N) is 2. The number of ether oxygens (including phenoxy) is 1. The lowest BCUT2D eigenvalue weighted by Gasteiger charge is -2.34. The molecule has 1 aliphatic rings. The Morgan fingerprint density at radius 3 is 2.45 bits per heavy atom. The molecule has 22 heavy (non-hydrogen) atoms. The van der Waals surface area contributed by atoms with Crippen LogP contribution in [0.2, 0.25) is 0 Å². The molecule has 2 amide bonds. The normalized spacial score (nSPS) is 18.6. The standard InChI is InChI=1S/C17H27N3O2/c1-13(14(2)22-3)18-17(21)19-15-9-11-20(12-10-15)16-7-5-4-6-8-16/h4-8,13-15H,9-12H2,1-3H3,(H2,18,19,21)/t13-,14+/m0/s1. The zero-order valence-corrected chi connectivity index (χ0v) is 13.7. The second-order valence-electron chi connectivity index (χ2n) is 5.94. The van der Waals surface area contributed by atoms with E-state index in [4.69, 9.17) is 4.74 Å². The molecule has 2 N–H and O–H groups in total. The molecule has 1 aliphatic heterocycles. The lowest BCUT2D eigenvalue weighted by atomic mass is 10.0. The van der Waals surface area contributed by atoms with Crippen LogP contribution >= 0.6 is 0 Å². The monoisotopic (exact) mass is 305 g/mol. The number of rotatable bonds is 5. The first kappa shape index (κ1) is 16.6. The average Bonchev–Trinajstić information content (AvgIpc) is 2.55. The fraction of sp³-hybridized carbons (Fsp3) is 0.588. The van der Waals surface area contributed by atoms with Crippen molar-refractivity contribution in [3.63, 3.8) is 0 Å². The Morgan fingerprint density at radius 1 is 1.23 bits per heavy atom. The summed E-state index contributed by atoms with van der Waals surface area (Å²) >= 11 is 0. The van der Waals surface area contributed by atoms with Gasteiger partial charge in [-0.05, 0) is 38.8 Å². The molecule has 122 valence electrons. The predicted octanol–water partition coefficient (Wildman–Crippen LogP) is 2.38. The third-order valence-electron chi connectivity index (χ3n) is 4.39. The Bertz CT molecular complexity index is 458. The van der Waals surface area contributed by atoms with Crippen LogP contribution in [0.1, 0.15) is 26.7 Å². The summed E-state index contributed by atoms with van der Waals surface area (Å²) in [5.41, 5.74) is 1.26. The van der Waals surface area contributed by atoms with E-state index in [0.717, 1.165) is 25.9 Å². The van der Waals surface area contributed by atoms with Crippen LogP contribution in [0.4, 0.5) is 10.5 Å². The van der Waals surface area contributed by atoms with E-state index in [0.29, 0.717) is 0 Å². The Morgan fingerprint density at radius 2 is 1.86 bits per heavy atom. The Balaban J connectivity index is 1.74. The minimum Gasteiger partial charge on any atom is -0.380 e. The largest absolute Gasteiger partial charge is 0.380 e. The third-order valence-corrected chi connectivity index (χ3v) is 4.39. The highest BCUT2D eigenvalue weighted by molar-refractivity contribution is 5.74. The quantitative estimate of drug-likeness (QED) is 0.878. The van der Waals surface area contributed by atoms with E-state index < -0.39 is 0 Å². The van der Waals surface area contributed by atoms with Gasteiger partial charge in [0.1, 0.15) is 0 Å². The molecule has 1 aromatic carbocycles. The van der Waals surface area contributed by atoms with Crippen molar-refractivity contribution in [3.05, 3.63) is 30.3 Å². The van der Waals surface area contributed by atoms with E-state index >= 15 is 0 Å². The number of nitrogens with zero attached hydrogens (tertiary/aromatic N) is 1. The highest BCUT2D eigenvalue weighted by Crippen LogP contribution is 2.19. The SMILES string of the molecule is CO[C@H](C)[C@H](C)NC(=O)NC1CCN(c2ccccc2)CC1. The van der Waals surface area contributed by atoms with Crippen LogP contribution in [0.5, 0.6) is 0 Å². The molecule has 2 rings (SSSR count). The van der Waals surface area contributed by atoms with Gasteiger partial charge in [-0.15, -0.1) is 0 Å². The molecule has 0 bridgehead atoms. The van der Waals surface area contributed by atoms with Crippen molar-refractivity contribution in [1.82, 2.24) is 10.6 Å². The van der Waals surface area contributed by atoms with Gasteiger partial charge in [0.05, 0.1) is 12.1 Å². The van der Waals surface area contributed by atoms with E-state index in [-0.39, 0.29) is 24.2 Å². The maximum atomic E-state index is 12.0. The molecule has 1 saturated heterocycles. The molecule has 1 aromatic rings. The first-order valence-electron chi connectivity index (χ1n) is 8.00. The maximum absolute atomic E-state index is 12.0. The highest BCUT2D eigenvalue weighted by atomic mass is 16.5. The Labute approximate surface area is 133 Å². The number of para-hydroxylation sites is 1. The van der Waals surface area contributed by atoms with Crippen LogP contribution in [0.25, 0.3) is 0 Å². The number of amides is 2. The summed E-state index contributed by atoms with van der Waals surface area (Å²) < 4.78 is 5.22. The number of piperidine rings is 1. The zero-order valence-electron chi connectivity index (χ0n) is 13.7. The molecule has 2 atom stereocenters. The van der Waals surface area contributed by atoms with Crippen LogP contribution in [0, 0.1) is 0 Å². The fourth-order valence-electron chi connectivity index (χ4n) is 2.68. The summed E-state index contributed by atoms with van der Waals surface area (Å²) in [6, 6.07) is 10.6. The molecule has 5 heteroatoms. The lowest BCUT2D eigenvalue weighted by molar-refractivity contribution is 0.0909. The first-order chi connectivity index (χ1) is 10.6. The molecule has 0 saturated carbocycles. The van der Waals surface area contributed by atoms with Crippen LogP contribution in [0.15, 0.2) is 30.3 Å². The van der Waals surface area contributed by atoms with E-state index in [2.05, 4.69) is 39.8 Å². The summed E-state index contributed by atoms with van der Waals surface area (Å²) in [4.78, 5) is 14.4. The topological polar surface area (TPSA) is 53.6 Å². The van der Waals surface area contributed by atoms with Crippen molar-refractivity contribution in [2.24, 2.45) is 0 Å². The molecule has 0 aliphatic carbocycles. The van der Waals surface area contributed by atoms with Gasteiger partial charge in [0.2, 0.25) is 0 Å². The molecule has 1 heterocycles. The third kappa shape index (κ3) is 4.63. The molecule has 1 fully saturated rings. The predicted molar refractivity (Wildman–Crippen MR) is 89.3 cm³/mol. The van der Waals surface area contributed by atoms with Crippen molar-refractivity contribution in [2.45, 2.75) is 44.9 Å². The van der Waals surface area contributed by atoms with Crippen molar-refractivity contribution in [3.8, 4) is 0 Å². The van der Waals surface area contributed by atoms with Gasteiger partial charge >= 0.3 is 6.03 Å². The van der Waals surface area contributed by atoms with E-state index in [9.17, 15) is 4.79 Å². The maximum Gasteiger partial charge on any atom is 0.315 e.